The van der Waals surface area contributed by atoms with Gasteiger partial charge in [0.05, 0.1) is 28.1 Å². The van der Waals surface area contributed by atoms with Crippen LogP contribution in [0, 0.1) is 17.7 Å². The molecule has 0 amide bonds. The van der Waals surface area contributed by atoms with Gasteiger partial charge >= 0.3 is 5.97 Å². The molecular weight excluding hydrogens is 533 g/mol. The summed E-state index contributed by atoms with van der Waals surface area (Å²) in [5.41, 5.74) is 10.8. The number of carboxylic acid groups (broad SMARTS) is 1. The van der Waals surface area contributed by atoms with E-state index in [1.165, 1.54) is 49.8 Å². The number of hydrogen-bond acceptors (Lipinski definition) is 4. The maximum atomic E-state index is 14.1. The monoisotopic (exact) mass is 565 g/mol. The first-order chi connectivity index (χ1) is 18.9. The van der Waals surface area contributed by atoms with E-state index in [1.54, 1.807) is 17.8 Å². The minimum Gasteiger partial charge on any atom is -0.478 e. The van der Waals surface area contributed by atoms with Gasteiger partial charge in [-0.05, 0) is 79.7 Å². The van der Waals surface area contributed by atoms with Crippen molar-refractivity contribution in [2.75, 3.05) is 18.1 Å². The van der Waals surface area contributed by atoms with Gasteiger partial charge in [0.25, 0.3) is 0 Å². The SMILES string of the molecule is CCOC1C=C=C=C(N2C[C@@H](C3CCCCC3)/C(C)=C/Sc3cc(-c4ccc(F)c(C(=O)O)c4)c(Cl)cc32)C1. The van der Waals surface area contributed by atoms with Crippen LogP contribution >= 0.6 is 23.4 Å². The van der Waals surface area contributed by atoms with E-state index in [-0.39, 0.29) is 11.7 Å². The van der Waals surface area contributed by atoms with Crippen LogP contribution in [0.1, 0.15) is 62.7 Å². The van der Waals surface area contributed by atoms with Crippen LogP contribution in [0.4, 0.5) is 10.1 Å². The summed E-state index contributed by atoms with van der Waals surface area (Å²) < 4.78 is 20.1. The zero-order valence-electron chi connectivity index (χ0n) is 22.3. The molecule has 1 saturated carbocycles. The van der Waals surface area contributed by atoms with Crippen molar-refractivity contribution in [3.63, 3.8) is 0 Å². The third-order valence-corrected chi connectivity index (χ3v) is 9.37. The molecule has 204 valence electrons. The molecule has 0 bridgehead atoms. The van der Waals surface area contributed by atoms with Crippen molar-refractivity contribution in [3.05, 3.63) is 81.0 Å². The lowest BCUT2D eigenvalue weighted by Gasteiger charge is -2.39. The summed E-state index contributed by atoms with van der Waals surface area (Å²) in [7, 11) is 0. The van der Waals surface area contributed by atoms with Crippen molar-refractivity contribution in [3.8, 4) is 11.1 Å². The number of carboxylic acids is 1. The quantitative estimate of drug-likeness (QED) is 0.354. The molecular formula is C32H33ClFNO3S. The van der Waals surface area contributed by atoms with E-state index in [9.17, 15) is 14.3 Å². The van der Waals surface area contributed by atoms with Crippen molar-refractivity contribution in [2.45, 2.75) is 63.4 Å². The summed E-state index contributed by atoms with van der Waals surface area (Å²) in [6, 6.07) is 8.05. The van der Waals surface area contributed by atoms with Gasteiger partial charge in [-0.1, -0.05) is 60.0 Å². The maximum Gasteiger partial charge on any atom is 0.338 e. The molecule has 0 spiro atoms. The first kappa shape index (κ1) is 27.8. The van der Waals surface area contributed by atoms with Crippen LogP contribution in [0.15, 0.2) is 69.4 Å². The molecule has 2 aromatic rings. The lowest BCUT2D eigenvalue weighted by Crippen LogP contribution is -2.36. The Morgan fingerprint density at radius 1 is 1.23 bits per heavy atom. The fraction of sp³-hybridized carbons (Fsp3) is 0.406. The normalized spacial score (nSPS) is 22.9. The van der Waals surface area contributed by atoms with Crippen molar-refractivity contribution in [1.82, 2.24) is 0 Å². The Morgan fingerprint density at radius 2 is 2.03 bits per heavy atom. The first-order valence-corrected chi connectivity index (χ1v) is 14.9. The number of aromatic carboxylic acids is 1. The average Bonchev–Trinajstić information content (AvgIpc) is 2.93. The molecule has 2 atom stereocenters. The first-order valence-electron chi connectivity index (χ1n) is 13.7. The van der Waals surface area contributed by atoms with E-state index in [0.717, 1.165) is 22.8 Å². The highest BCUT2D eigenvalue weighted by atomic mass is 35.5. The summed E-state index contributed by atoms with van der Waals surface area (Å²) in [6.45, 7) is 5.68. The zero-order valence-corrected chi connectivity index (χ0v) is 23.9. The minimum absolute atomic E-state index is 0.0547. The van der Waals surface area contributed by atoms with Gasteiger partial charge in [-0.15, -0.1) is 0 Å². The lowest BCUT2D eigenvalue weighted by atomic mass is 9.77. The fourth-order valence-corrected chi connectivity index (χ4v) is 7.17. The zero-order chi connectivity index (χ0) is 27.5. The molecule has 1 aliphatic heterocycles. The highest BCUT2D eigenvalue weighted by molar-refractivity contribution is 8.02. The van der Waals surface area contributed by atoms with Gasteiger partial charge < -0.3 is 14.7 Å². The highest BCUT2D eigenvalue weighted by Gasteiger charge is 2.32. The molecule has 4 nitrogen and oxygen atoms in total. The van der Waals surface area contributed by atoms with Crippen LogP contribution < -0.4 is 4.90 Å². The van der Waals surface area contributed by atoms with Crippen LogP contribution in [0.5, 0.6) is 0 Å². The molecule has 2 aromatic carbocycles. The topological polar surface area (TPSA) is 49.8 Å². The fourth-order valence-electron chi connectivity index (χ4n) is 5.94. The van der Waals surface area contributed by atoms with Gasteiger partial charge in [0.1, 0.15) is 5.82 Å². The number of benzene rings is 2. The average molecular weight is 566 g/mol. The second kappa shape index (κ2) is 12.2. The summed E-state index contributed by atoms with van der Waals surface area (Å²) in [5.74, 6) is -1.04. The van der Waals surface area contributed by atoms with Crippen molar-refractivity contribution in [2.24, 2.45) is 11.8 Å². The molecule has 5 rings (SSSR count). The Labute approximate surface area is 238 Å². The molecule has 1 heterocycles. The third kappa shape index (κ3) is 6.06. The molecule has 0 radical (unpaired) electrons. The van der Waals surface area contributed by atoms with Crippen LogP contribution in [-0.4, -0.2) is 30.3 Å². The Bertz CT molecular complexity index is 1400. The van der Waals surface area contributed by atoms with E-state index >= 15 is 0 Å². The van der Waals surface area contributed by atoms with Gasteiger partial charge in [0.15, 0.2) is 0 Å². The summed E-state index contributed by atoms with van der Waals surface area (Å²) in [5, 5.41) is 12.2. The molecule has 7 heteroatoms. The van der Waals surface area contributed by atoms with Crippen LogP contribution in [0.2, 0.25) is 5.02 Å². The van der Waals surface area contributed by atoms with Crippen molar-refractivity contribution >= 4 is 35.0 Å². The Hall–Kier alpha value is -2.72. The van der Waals surface area contributed by atoms with Gasteiger partial charge in [-0.2, -0.15) is 0 Å². The number of thioether (sulfide) groups is 1. The summed E-state index contributed by atoms with van der Waals surface area (Å²) in [4.78, 5) is 14.9. The second-order valence-corrected chi connectivity index (χ2v) is 11.8. The number of nitrogens with zero attached hydrogens (tertiary/aromatic N) is 1. The number of halogens is 2. The number of hydrogen-bond donors (Lipinski definition) is 1. The number of ether oxygens (including phenoxy) is 1. The van der Waals surface area contributed by atoms with E-state index < -0.39 is 11.8 Å². The van der Waals surface area contributed by atoms with E-state index in [0.29, 0.717) is 41.0 Å². The van der Waals surface area contributed by atoms with Crippen LogP contribution in [0.25, 0.3) is 11.1 Å². The minimum atomic E-state index is -1.31. The highest BCUT2D eigenvalue weighted by Crippen LogP contribution is 2.46. The standard InChI is InChI=1S/C32H33ClFNO3S/c1-3-38-24-11-7-10-23(15-24)35-18-27(21-8-5-4-6-9-21)20(2)19-39-31-16-25(28(33)17-30(31)35)22-12-13-29(34)26(14-22)32(36)37/h11-14,16-17,19,21,24,27H,3-6,8-9,15,18H2,1-2H3,(H,36,37)/b20-19+/t24?,27-/m1/s1. The molecule has 0 saturated heterocycles. The maximum absolute atomic E-state index is 14.1. The molecule has 3 aliphatic rings. The smallest absolute Gasteiger partial charge is 0.338 e. The van der Waals surface area contributed by atoms with Gasteiger partial charge in [0, 0.05) is 35.9 Å². The predicted octanol–water partition coefficient (Wildman–Crippen LogP) is 8.86. The van der Waals surface area contributed by atoms with Crippen molar-refractivity contribution in [1.29, 1.82) is 0 Å². The largest absolute Gasteiger partial charge is 0.478 e. The van der Waals surface area contributed by atoms with E-state index in [1.807, 2.05) is 25.1 Å². The number of anilines is 1. The second-order valence-electron chi connectivity index (χ2n) is 10.5. The Kier molecular flexibility index (Phi) is 8.71. The molecule has 39 heavy (non-hydrogen) atoms. The van der Waals surface area contributed by atoms with Crippen LogP contribution in [-0.2, 0) is 4.74 Å². The van der Waals surface area contributed by atoms with Crippen molar-refractivity contribution < 1.29 is 19.0 Å². The van der Waals surface area contributed by atoms with Gasteiger partial charge in [0.2, 0.25) is 0 Å². The van der Waals surface area contributed by atoms with E-state index in [4.69, 9.17) is 16.3 Å². The number of fused-ring (bicyclic) bond motifs is 1. The Balaban J connectivity index is 1.61. The molecule has 1 N–H and O–H groups in total. The molecule has 1 unspecified atom stereocenters. The van der Waals surface area contributed by atoms with Crippen LogP contribution in [0.3, 0.4) is 0 Å². The number of rotatable bonds is 6. The molecule has 0 aromatic heterocycles. The lowest BCUT2D eigenvalue weighted by molar-refractivity contribution is 0.0692. The molecule has 2 aliphatic carbocycles. The Morgan fingerprint density at radius 3 is 2.77 bits per heavy atom. The van der Waals surface area contributed by atoms with E-state index in [2.05, 4.69) is 28.7 Å². The summed E-state index contributed by atoms with van der Waals surface area (Å²) in [6.07, 6.45) is 8.93. The number of carbonyl (C=O) groups is 1. The molecule has 1 fully saturated rings. The van der Waals surface area contributed by atoms with Gasteiger partial charge in [-0.3, -0.25) is 0 Å². The van der Waals surface area contributed by atoms with Gasteiger partial charge in [-0.25, -0.2) is 9.18 Å². The third-order valence-electron chi connectivity index (χ3n) is 7.99. The summed E-state index contributed by atoms with van der Waals surface area (Å²) >= 11 is 8.54. The predicted molar refractivity (Wildman–Crippen MR) is 156 cm³/mol.